The molecule has 1 aromatic rings. The first-order valence-electron chi connectivity index (χ1n) is 7.41. The number of carbonyl (C=O) groups excluding carboxylic acids is 1. The number of carbonyl (C=O) groups is 1. The van der Waals surface area contributed by atoms with Crippen LogP contribution < -0.4 is 4.72 Å². The van der Waals surface area contributed by atoms with Crippen LogP contribution >= 0.6 is 0 Å². The molecule has 0 bridgehead atoms. The van der Waals surface area contributed by atoms with Crippen LogP contribution in [0.15, 0.2) is 29.2 Å². The van der Waals surface area contributed by atoms with E-state index in [1.807, 2.05) is 0 Å². The molecule has 122 valence electrons. The second kappa shape index (κ2) is 7.19. The van der Waals surface area contributed by atoms with Gasteiger partial charge < -0.3 is 4.90 Å². The van der Waals surface area contributed by atoms with Crippen LogP contribution in [-0.4, -0.2) is 38.9 Å². The van der Waals surface area contributed by atoms with Gasteiger partial charge in [0.05, 0.1) is 4.90 Å². The van der Waals surface area contributed by atoms with Gasteiger partial charge in [0.2, 0.25) is 15.9 Å². The van der Waals surface area contributed by atoms with Gasteiger partial charge in [0, 0.05) is 26.1 Å². The molecule has 7 heteroatoms. The van der Waals surface area contributed by atoms with Crippen molar-refractivity contribution < 1.29 is 17.6 Å². The average Bonchev–Trinajstić information content (AvgIpc) is 2.48. The van der Waals surface area contributed by atoms with Crippen molar-refractivity contribution in [3.8, 4) is 0 Å². The molecule has 2 rings (SSSR count). The molecule has 1 saturated heterocycles. The van der Waals surface area contributed by atoms with Crippen molar-refractivity contribution in [2.75, 3.05) is 19.6 Å². The standard InChI is InChI=1S/C15H21FN2O3S/c1-12-7-10-18(11-8-12)15(19)6-9-17-22(20,21)14-4-2-13(16)3-5-14/h2-5,12,17H,6-11H2,1H3. The highest BCUT2D eigenvalue weighted by Crippen LogP contribution is 2.16. The molecule has 22 heavy (non-hydrogen) atoms. The number of hydrogen-bond acceptors (Lipinski definition) is 3. The zero-order valence-electron chi connectivity index (χ0n) is 12.6. The lowest BCUT2D eigenvalue weighted by atomic mass is 9.99. The summed E-state index contributed by atoms with van der Waals surface area (Å²) in [6.07, 6.45) is 2.12. The van der Waals surface area contributed by atoms with E-state index in [0.717, 1.165) is 38.1 Å². The van der Waals surface area contributed by atoms with Gasteiger partial charge in [-0.05, 0) is 43.0 Å². The maximum atomic E-state index is 12.8. The summed E-state index contributed by atoms with van der Waals surface area (Å²) in [6.45, 7) is 3.69. The molecule has 1 aromatic carbocycles. The number of nitrogens with one attached hydrogen (secondary N) is 1. The SMILES string of the molecule is CC1CCN(C(=O)CCNS(=O)(=O)c2ccc(F)cc2)CC1. The number of sulfonamides is 1. The Kier molecular flexibility index (Phi) is 5.52. The fourth-order valence-electron chi connectivity index (χ4n) is 2.41. The molecule has 0 radical (unpaired) electrons. The lowest BCUT2D eigenvalue weighted by Gasteiger charge is -2.30. The summed E-state index contributed by atoms with van der Waals surface area (Å²) in [4.78, 5) is 13.8. The van der Waals surface area contributed by atoms with Crippen LogP contribution in [0, 0.1) is 11.7 Å². The normalized spacial score (nSPS) is 16.7. The van der Waals surface area contributed by atoms with Crippen molar-refractivity contribution in [2.45, 2.75) is 31.1 Å². The molecule has 1 aliphatic heterocycles. The Bertz CT molecular complexity index is 608. The molecule has 5 nitrogen and oxygen atoms in total. The van der Waals surface area contributed by atoms with Crippen molar-refractivity contribution in [1.29, 1.82) is 0 Å². The van der Waals surface area contributed by atoms with Crippen LogP contribution in [0.5, 0.6) is 0 Å². The minimum atomic E-state index is -3.70. The Morgan fingerprint density at radius 3 is 2.45 bits per heavy atom. The van der Waals surface area contributed by atoms with E-state index in [-0.39, 0.29) is 23.8 Å². The van der Waals surface area contributed by atoms with Gasteiger partial charge in [0.25, 0.3) is 0 Å². The lowest BCUT2D eigenvalue weighted by molar-refractivity contribution is -0.132. The fourth-order valence-corrected chi connectivity index (χ4v) is 3.44. The topological polar surface area (TPSA) is 66.5 Å². The first kappa shape index (κ1) is 16.9. The molecule has 0 saturated carbocycles. The van der Waals surface area contributed by atoms with E-state index in [0.29, 0.717) is 5.92 Å². The van der Waals surface area contributed by atoms with Crippen LogP contribution in [0.25, 0.3) is 0 Å². The van der Waals surface area contributed by atoms with Gasteiger partial charge >= 0.3 is 0 Å². The smallest absolute Gasteiger partial charge is 0.240 e. The Morgan fingerprint density at radius 2 is 1.86 bits per heavy atom. The van der Waals surface area contributed by atoms with Crippen molar-refractivity contribution in [2.24, 2.45) is 5.92 Å². The molecule has 0 atom stereocenters. The van der Waals surface area contributed by atoms with E-state index in [1.165, 1.54) is 12.1 Å². The third kappa shape index (κ3) is 4.51. The first-order chi connectivity index (χ1) is 10.4. The van der Waals surface area contributed by atoms with Crippen LogP contribution in [0.4, 0.5) is 4.39 Å². The first-order valence-corrected chi connectivity index (χ1v) is 8.90. The third-order valence-electron chi connectivity index (χ3n) is 3.89. The zero-order chi connectivity index (χ0) is 16.2. The molecule has 0 unspecified atom stereocenters. The van der Waals surface area contributed by atoms with Gasteiger partial charge in [-0.25, -0.2) is 17.5 Å². The number of amides is 1. The highest BCUT2D eigenvalue weighted by molar-refractivity contribution is 7.89. The van der Waals surface area contributed by atoms with E-state index >= 15 is 0 Å². The van der Waals surface area contributed by atoms with Crippen molar-refractivity contribution >= 4 is 15.9 Å². The molecule has 1 amide bonds. The summed E-state index contributed by atoms with van der Waals surface area (Å²) in [5.41, 5.74) is 0. The van der Waals surface area contributed by atoms with Gasteiger partial charge in [-0.1, -0.05) is 6.92 Å². The van der Waals surface area contributed by atoms with E-state index in [2.05, 4.69) is 11.6 Å². The molecular weight excluding hydrogens is 307 g/mol. The third-order valence-corrected chi connectivity index (χ3v) is 5.37. The summed E-state index contributed by atoms with van der Waals surface area (Å²) >= 11 is 0. The molecule has 0 aliphatic carbocycles. The molecule has 1 N–H and O–H groups in total. The predicted molar refractivity (Wildman–Crippen MR) is 81.2 cm³/mol. The largest absolute Gasteiger partial charge is 0.343 e. The number of benzene rings is 1. The minimum absolute atomic E-state index is 0.00635. The average molecular weight is 328 g/mol. The van der Waals surface area contributed by atoms with E-state index < -0.39 is 15.8 Å². The summed E-state index contributed by atoms with van der Waals surface area (Å²) in [5, 5.41) is 0. The molecule has 0 spiro atoms. The van der Waals surface area contributed by atoms with E-state index in [1.54, 1.807) is 4.90 Å². The van der Waals surface area contributed by atoms with Crippen LogP contribution in [0.2, 0.25) is 0 Å². The van der Waals surface area contributed by atoms with Gasteiger partial charge in [-0.3, -0.25) is 4.79 Å². The highest BCUT2D eigenvalue weighted by atomic mass is 32.2. The minimum Gasteiger partial charge on any atom is -0.343 e. The molecule has 1 aliphatic rings. The van der Waals surface area contributed by atoms with Gasteiger partial charge in [-0.2, -0.15) is 0 Å². The van der Waals surface area contributed by atoms with Crippen LogP contribution in [-0.2, 0) is 14.8 Å². The summed E-state index contributed by atoms with van der Waals surface area (Å²) in [5.74, 6) is 0.114. The number of rotatable bonds is 5. The Labute approximate surface area is 130 Å². The Morgan fingerprint density at radius 1 is 1.27 bits per heavy atom. The van der Waals surface area contributed by atoms with Crippen LogP contribution in [0.1, 0.15) is 26.2 Å². The van der Waals surface area contributed by atoms with Gasteiger partial charge in [0.15, 0.2) is 0 Å². The van der Waals surface area contributed by atoms with E-state index in [4.69, 9.17) is 0 Å². The quantitative estimate of drug-likeness (QED) is 0.895. The molecular formula is C15H21FN2O3S. The predicted octanol–water partition coefficient (Wildman–Crippen LogP) is 1.75. The number of nitrogens with zero attached hydrogens (tertiary/aromatic N) is 1. The van der Waals surface area contributed by atoms with Crippen molar-refractivity contribution in [1.82, 2.24) is 9.62 Å². The molecule has 1 heterocycles. The number of piperidine rings is 1. The van der Waals surface area contributed by atoms with Gasteiger partial charge in [-0.15, -0.1) is 0 Å². The summed E-state index contributed by atoms with van der Waals surface area (Å²) < 4.78 is 39.1. The zero-order valence-corrected chi connectivity index (χ0v) is 13.4. The molecule has 1 fully saturated rings. The number of halogens is 1. The maximum Gasteiger partial charge on any atom is 0.240 e. The van der Waals surface area contributed by atoms with E-state index in [9.17, 15) is 17.6 Å². The highest BCUT2D eigenvalue weighted by Gasteiger charge is 2.21. The van der Waals surface area contributed by atoms with Gasteiger partial charge in [0.1, 0.15) is 5.82 Å². The lowest BCUT2D eigenvalue weighted by Crippen LogP contribution is -2.39. The maximum absolute atomic E-state index is 12.8. The summed E-state index contributed by atoms with van der Waals surface area (Å²) in [7, 11) is -3.70. The Hall–Kier alpha value is -1.47. The number of likely N-dealkylation sites (tertiary alicyclic amines) is 1. The van der Waals surface area contributed by atoms with Crippen molar-refractivity contribution in [3.63, 3.8) is 0 Å². The summed E-state index contributed by atoms with van der Waals surface area (Å²) in [6, 6.07) is 4.58. The monoisotopic (exact) mass is 328 g/mol. The second-order valence-corrected chi connectivity index (χ2v) is 7.43. The Balaban J connectivity index is 1.82. The second-order valence-electron chi connectivity index (χ2n) is 5.67. The number of hydrogen-bond donors (Lipinski definition) is 1. The fraction of sp³-hybridized carbons (Fsp3) is 0.533. The van der Waals surface area contributed by atoms with Crippen LogP contribution in [0.3, 0.4) is 0 Å². The van der Waals surface area contributed by atoms with Crippen molar-refractivity contribution in [3.05, 3.63) is 30.1 Å². The molecule has 0 aromatic heterocycles.